The Balaban J connectivity index is 1.48. The molecule has 29 heavy (non-hydrogen) atoms. The third-order valence-electron chi connectivity index (χ3n) is 5.49. The summed E-state index contributed by atoms with van der Waals surface area (Å²) in [7, 11) is 0. The number of pyridine rings is 1. The lowest BCUT2D eigenvalue weighted by Gasteiger charge is -2.30. The lowest BCUT2D eigenvalue weighted by atomic mass is 9.96. The topological polar surface area (TPSA) is 85.7 Å². The van der Waals surface area contributed by atoms with Crippen LogP contribution in [0.4, 0.5) is 11.9 Å². The smallest absolute Gasteiger partial charge is 0.230 e. The summed E-state index contributed by atoms with van der Waals surface area (Å²) in [5.74, 6) is 2.55. The van der Waals surface area contributed by atoms with Crippen LogP contribution < -0.4 is 14.5 Å². The van der Waals surface area contributed by atoms with Gasteiger partial charge in [-0.2, -0.15) is 15.0 Å². The first-order chi connectivity index (χ1) is 14.3. The molecule has 9 nitrogen and oxygen atoms in total. The van der Waals surface area contributed by atoms with Crippen LogP contribution in [-0.2, 0) is 9.47 Å². The van der Waals surface area contributed by atoms with Crippen molar-refractivity contribution in [2.75, 3.05) is 62.4 Å². The highest BCUT2D eigenvalue weighted by molar-refractivity contribution is 5.55. The summed E-state index contributed by atoms with van der Waals surface area (Å²) in [6.07, 6.45) is 3.70. The molecule has 0 radical (unpaired) electrons. The third-order valence-corrected chi connectivity index (χ3v) is 5.49. The zero-order valence-electron chi connectivity index (χ0n) is 16.5. The molecular weight excluding hydrogens is 372 g/mol. The maximum atomic E-state index is 5.97. The number of hydrogen-bond acceptors (Lipinski definition) is 9. The van der Waals surface area contributed by atoms with E-state index in [1.807, 2.05) is 18.2 Å². The standard InChI is InChI=1S/C20H26N6O3/c1-3-15(4-1)29-17-6-2-5-16(21-17)18-22-19(25-7-11-27-12-8-25)24-20(23-18)26-9-13-28-14-10-26/h2,5-6,15H,1,3-4,7-14H2. The first-order valence-corrected chi connectivity index (χ1v) is 10.4. The minimum atomic E-state index is 0.281. The third kappa shape index (κ3) is 4.25. The van der Waals surface area contributed by atoms with Crippen molar-refractivity contribution in [3.8, 4) is 17.4 Å². The van der Waals surface area contributed by atoms with Gasteiger partial charge in [0, 0.05) is 32.2 Å². The number of hydrogen-bond donors (Lipinski definition) is 0. The zero-order valence-corrected chi connectivity index (χ0v) is 16.5. The first kappa shape index (κ1) is 18.5. The summed E-state index contributed by atoms with van der Waals surface area (Å²) < 4.78 is 16.9. The Bertz CT molecular complexity index is 798. The van der Waals surface area contributed by atoms with Gasteiger partial charge in [0.2, 0.25) is 17.8 Å². The lowest BCUT2D eigenvalue weighted by Crippen LogP contribution is -2.40. The van der Waals surface area contributed by atoms with Crippen molar-refractivity contribution in [1.82, 2.24) is 19.9 Å². The average molecular weight is 398 g/mol. The molecular formula is C20H26N6O3. The molecule has 5 rings (SSSR count). The van der Waals surface area contributed by atoms with Crippen LogP contribution in [0.2, 0.25) is 0 Å². The van der Waals surface area contributed by atoms with Gasteiger partial charge >= 0.3 is 0 Å². The Kier molecular flexibility index (Phi) is 5.40. The largest absolute Gasteiger partial charge is 0.474 e. The molecule has 154 valence electrons. The molecule has 4 heterocycles. The van der Waals surface area contributed by atoms with E-state index in [0.717, 1.165) is 39.0 Å². The fourth-order valence-electron chi connectivity index (χ4n) is 3.54. The van der Waals surface area contributed by atoms with E-state index in [4.69, 9.17) is 29.2 Å². The predicted octanol–water partition coefficient (Wildman–Crippen LogP) is 1.54. The second kappa shape index (κ2) is 8.46. The van der Waals surface area contributed by atoms with Crippen molar-refractivity contribution >= 4 is 11.9 Å². The van der Waals surface area contributed by atoms with E-state index in [-0.39, 0.29) is 6.10 Å². The second-order valence-electron chi connectivity index (χ2n) is 7.49. The van der Waals surface area contributed by atoms with Gasteiger partial charge in [-0.15, -0.1) is 0 Å². The van der Waals surface area contributed by atoms with Gasteiger partial charge < -0.3 is 24.0 Å². The molecule has 2 aromatic heterocycles. The first-order valence-electron chi connectivity index (χ1n) is 10.4. The van der Waals surface area contributed by atoms with Gasteiger partial charge in [0.05, 0.1) is 26.4 Å². The number of rotatable bonds is 5. The van der Waals surface area contributed by atoms with Crippen LogP contribution in [0.15, 0.2) is 18.2 Å². The fraction of sp³-hybridized carbons (Fsp3) is 0.600. The second-order valence-corrected chi connectivity index (χ2v) is 7.49. The van der Waals surface area contributed by atoms with Crippen LogP contribution in [0.1, 0.15) is 19.3 Å². The van der Waals surface area contributed by atoms with E-state index in [9.17, 15) is 0 Å². The average Bonchev–Trinajstić information content (AvgIpc) is 2.77. The van der Waals surface area contributed by atoms with Crippen LogP contribution >= 0.6 is 0 Å². The van der Waals surface area contributed by atoms with Gasteiger partial charge in [-0.05, 0) is 25.3 Å². The number of nitrogens with zero attached hydrogens (tertiary/aromatic N) is 6. The van der Waals surface area contributed by atoms with Crippen LogP contribution in [0.25, 0.3) is 11.5 Å². The van der Waals surface area contributed by atoms with E-state index in [1.54, 1.807) is 0 Å². The van der Waals surface area contributed by atoms with Gasteiger partial charge in [0.25, 0.3) is 0 Å². The zero-order chi connectivity index (χ0) is 19.5. The van der Waals surface area contributed by atoms with E-state index in [0.29, 0.717) is 55.7 Å². The van der Waals surface area contributed by atoms with E-state index in [2.05, 4.69) is 14.8 Å². The molecule has 3 aliphatic rings. The molecule has 2 saturated heterocycles. The molecule has 0 bridgehead atoms. The van der Waals surface area contributed by atoms with E-state index < -0.39 is 0 Å². The van der Waals surface area contributed by atoms with Crippen LogP contribution in [0, 0.1) is 0 Å². The van der Waals surface area contributed by atoms with Crippen LogP contribution in [0.3, 0.4) is 0 Å². The lowest BCUT2D eigenvalue weighted by molar-refractivity contribution is 0.115. The Hall–Kier alpha value is -2.52. The van der Waals surface area contributed by atoms with Crippen molar-refractivity contribution in [2.45, 2.75) is 25.4 Å². The highest BCUT2D eigenvalue weighted by Crippen LogP contribution is 2.26. The fourth-order valence-corrected chi connectivity index (χ4v) is 3.54. The molecule has 1 saturated carbocycles. The maximum absolute atomic E-state index is 5.97. The molecule has 0 unspecified atom stereocenters. The molecule has 2 aromatic rings. The minimum absolute atomic E-state index is 0.281. The predicted molar refractivity (Wildman–Crippen MR) is 107 cm³/mol. The molecule has 9 heteroatoms. The monoisotopic (exact) mass is 398 g/mol. The Morgan fingerprint density at radius 2 is 1.41 bits per heavy atom. The summed E-state index contributed by atoms with van der Waals surface area (Å²) in [6, 6.07) is 5.77. The Morgan fingerprint density at radius 1 is 0.793 bits per heavy atom. The summed E-state index contributed by atoms with van der Waals surface area (Å²) in [4.78, 5) is 23.2. The Morgan fingerprint density at radius 3 is 1.97 bits per heavy atom. The van der Waals surface area contributed by atoms with E-state index in [1.165, 1.54) is 6.42 Å². The van der Waals surface area contributed by atoms with Gasteiger partial charge in [-0.3, -0.25) is 0 Å². The minimum Gasteiger partial charge on any atom is -0.474 e. The summed E-state index contributed by atoms with van der Waals surface area (Å²) >= 11 is 0. The van der Waals surface area contributed by atoms with Gasteiger partial charge in [-0.1, -0.05) is 6.07 Å². The van der Waals surface area contributed by atoms with E-state index >= 15 is 0 Å². The van der Waals surface area contributed by atoms with Crippen molar-refractivity contribution in [2.24, 2.45) is 0 Å². The van der Waals surface area contributed by atoms with Crippen molar-refractivity contribution in [3.63, 3.8) is 0 Å². The van der Waals surface area contributed by atoms with Crippen molar-refractivity contribution in [3.05, 3.63) is 18.2 Å². The highest BCUT2D eigenvalue weighted by atomic mass is 16.5. The number of anilines is 2. The Labute approximate surface area is 170 Å². The highest BCUT2D eigenvalue weighted by Gasteiger charge is 2.23. The molecule has 0 atom stereocenters. The van der Waals surface area contributed by atoms with Crippen molar-refractivity contribution in [1.29, 1.82) is 0 Å². The van der Waals surface area contributed by atoms with Gasteiger partial charge in [0.1, 0.15) is 11.8 Å². The molecule has 2 aliphatic heterocycles. The number of aromatic nitrogens is 4. The molecule has 0 aromatic carbocycles. The number of morpholine rings is 2. The summed E-state index contributed by atoms with van der Waals surface area (Å²) in [5, 5.41) is 0. The molecule has 1 aliphatic carbocycles. The molecule has 0 amide bonds. The summed E-state index contributed by atoms with van der Waals surface area (Å²) in [6.45, 7) is 5.78. The maximum Gasteiger partial charge on any atom is 0.230 e. The van der Waals surface area contributed by atoms with Crippen molar-refractivity contribution < 1.29 is 14.2 Å². The molecule has 3 fully saturated rings. The van der Waals surface area contributed by atoms with Gasteiger partial charge in [0.15, 0.2) is 5.82 Å². The quantitative estimate of drug-likeness (QED) is 0.744. The molecule has 0 N–H and O–H groups in total. The van der Waals surface area contributed by atoms with Crippen LogP contribution in [-0.4, -0.2) is 78.6 Å². The SMILES string of the molecule is c1cc(OC2CCC2)nc(-c2nc(N3CCOCC3)nc(N3CCOCC3)n2)c1. The summed E-state index contributed by atoms with van der Waals surface area (Å²) in [5.41, 5.74) is 0.702. The van der Waals surface area contributed by atoms with Crippen LogP contribution in [0.5, 0.6) is 5.88 Å². The number of ether oxygens (including phenoxy) is 3. The molecule has 0 spiro atoms. The normalized spacial score (nSPS) is 20.4. The van der Waals surface area contributed by atoms with Gasteiger partial charge in [-0.25, -0.2) is 4.98 Å².